The molecule has 0 atom stereocenters. The van der Waals surface area contributed by atoms with Crippen molar-refractivity contribution in [3.8, 4) is 0 Å². The van der Waals surface area contributed by atoms with Crippen LogP contribution in [0.15, 0.2) is 10.4 Å². The SMILES string of the molecule is CCOCCNC(=NC)NCCc1nc(C(F)(F)F)cs1. The number of ether oxygens (including phenoxy) is 1. The van der Waals surface area contributed by atoms with Gasteiger partial charge in [0.15, 0.2) is 11.7 Å². The number of nitrogens with one attached hydrogen (secondary N) is 2. The molecule has 0 amide bonds. The van der Waals surface area contributed by atoms with Crippen LogP contribution in [0.25, 0.3) is 0 Å². The van der Waals surface area contributed by atoms with Crippen molar-refractivity contribution in [2.45, 2.75) is 19.5 Å². The molecule has 2 N–H and O–H groups in total. The van der Waals surface area contributed by atoms with Gasteiger partial charge in [0.1, 0.15) is 0 Å². The Labute approximate surface area is 125 Å². The number of aliphatic imine (C=N–C) groups is 1. The summed E-state index contributed by atoms with van der Waals surface area (Å²) in [5.74, 6) is 0.585. The first-order chi connectivity index (χ1) is 9.97. The summed E-state index contributed by atoms with van der Waals surface area (Å²) in [6.45, 7) is 4.20. The zero-order valence-electron chi connectivity index (χ0n) is 12.0. The van der Waals surface area contributed by atoms with E-state index in [4.69, 9.17) is 4.74 Å². The van der Waals surface area contributed by atoms with E-state index in [0.717, 1.165) is 16.7 Å². The van der Waals surface area contributed by atoms with Crippen molar-refractivity contribution in [3.63, 3.8) is 0 Å². The molecule has 5 nitrogen and oxygen atoms in total. The van der Waals surface area contributed by atoms with E-state index in [9.17, 15) is 13.2 Å². The third kappa shape index (κ3) is 6.76. The van der Waals surface area contributed by atoms with Gasteiger partial charge < -0.3 is 15.4 Å². The lowest BCUT2D eigenvalue weighted by molar-refractivity contribution is -0.140. The Morgan fingerprint density at radius 1 is 1.38 bits per heavy atom. The van der Waals surface area contributed by atoms with E-state index in [-0.39, 0.29) is 0 Å². The summed E-state index contributed by atoms with van der Waals surface area (Å²) < 4.78 is 42.4. The number of guanidine groups is 1. The van der Waals surface area contributed by atoms with Crippen molar-refractivity contribution in [2.24, 2.45) is 4.99 Å². The monoisotopic (exact) mass is 324 g/mol. The normalized spacial score (nSPS) is 12.5. The van der Waals surface area contributed by atoms with E-state index in [2.05, 4.69) is 20.6 Å². The lowest BCUT2D eigenvalue weighted by Gasteiger charge is -2.11. The standard InChI is InChI=1S/C12H19F3N4OS/c1-3-20-7-6-18-11(16-2)17-5-4-10-19-9(8-21-10)12(13,14)15/h8H,3-7H2,1-2H3,(H2,16,17,18). The van der Waals surface area contributed by atoms with Crippen LogP contribution in [0.5, 0.6) is 0 Å². The molecule has 0 unspecified atom stereocenters. The van der Waals surface area contributed by atoms with E-state index >= 15 is 0 Å². The maximum atomic E-state index is 12.4. The lowest BCUT2D eigenvalue weighted by atomic mass is 10.4. The fourth-order valence-electron chi connectivity index (χ4n) is 1.45. The summed E-state index contributed by atoms with van der Waals surface area (Å²) in [4.78, 5) is 7.57. The van der Waals surface area contributed by atoms with Gasteiger partial charge in [-0.15, -0.1) is 11.3 Å². The second-order valence-corrected chi connectivity index (χ2v) is 4.94. The Balaban J connectivity index is 2.30. The number of nitrogens with zero attached hydrogens (tertiary/aromatic N) is 2. The summed E-state index contributed by atoms with van der Waals surface area (Å²) in [5.41, 5.74) is -0.832. The molecule has 0 saturated heterocycles. The molecule has 0 saturated carbocycles. The minimum atomic E-state index is -4.38. The van der Waals surface area contributed by atoms with Gasteiger partial charge in [0.05, 0.1) is 11.6 Å². The van der Waals surface area contributed by atoms with Crippen LogP contribution in [0.3, 0.4) is 0 Å². The molecule has 1 rings (SSSR count). The van der Waals surface area contributed by atoms with E-state index in [1.807, 2.05) is 6.92 Å². The summed E-state index contributed by atoms with van der Waals surface area (Å²) in [7, 11) is 1.63. The molecule has 0 spiro atoms. The predicted octanol–water partition coefficient (Wildman–Crippen LogP) is 1.91. The minimum absolute atomic E-state index is 0.410. The van der Waals surface area contributed by atoms with Gasteiger partial charge in [0.25, 0.3) is 0 Å². The van der Waals surface area contributed by atoms with E-state index in [0.29, 0.717) is 43.7 Å². The molecular weight excluding hydrogens is 305 g/mol. The maximum absolute atomic E-state index is 12.4. The van der Waals surface area contributed by atoms with Crippen LogP contribution >= 0.6 is 11.3 Å². The number of hydrogen-bond acceptors (Lipinski definition) is 4. The molecule has 1 heterocycles. The molecule has 0 bridgehead atoms. The highest BCUT2D eigenvalue weighted by Gasteiger charge is 2.33. The highest BCUT2D eigenvalue weighted by atomic mass is 32.1. The third-order valence-electron chi connectivity index (χ3n) is 2.44. The number of hydrogen-bond donors (Lipinski definition) is 2. The van der Waals surface area contributed by atoms with Gasteiger partial charge in [0.2, 0.25) is 0 Å². The number of thiazole rings is 1. The molecule has 0 aliphatic carbocycles. The zero-order chi connectivity index (χ0) is 15.7. The number of aromatic nitrogens is 1. The van der Waals surface area contributed by atoms with E-state index in [1.165, 1.54) is 0 Å². The number of rotatable bonds is 7. The Bertz CT molecular complexity index is 448. The number of halogens is 3. The first-order valence-electron chi connectivity index (χ1n) is 6.51. The van der Waals surface area contributed by atoms with Crippen molar-refractivity contribution in [3.05, 3.63) is 16.1 Å². The lowest BCUT2D eigenvalue weighted by Crippen LogP contribution is -2.39. The van der Waals surface area contributed by atoms with Crippen LogP contribution in [0, 0.1) is 0 Å². The summed E-state index contributed by atoms with van der Waals surface area (Å²) in [5, 5.41) is 7.52. The van der Waals surface area contributed by atoms with Crippen molar-refractivity contribution in [1.29, 1.82) is 0 Å². The highest BCUT2D eigenvalue weighted by Crippen LogP contribution is 2.29. The molecule has 0 aliphatic heterocycles. The van der Waals surface area contributed by atoms with Gasteiger partial charge in [0, 0.05) is 38.5 Å². The molecule has 0 radical (unpaired) electrons. The average Bonchev–Trinajstić information content (AvgIpc) is 2.90. The van der Waals surface area contributed by atoms with E-state index < -0.39 is 11.9 Å². The first kappa shape index (κ1) is 17.7. The van der Waals surface area contributed by atoms with Crippen LogP contribution in [-0.4, -0.2) is 44.3 Å². The Hall–Kier alpha value is -1.35. The Kier molecular flexibility index (Phi) is 7.44. The molecule has 0 fully saturated rings. The largest absolute Gasteiger partial charge is 0.434 e. The van der Waals surface area contributed by atoms with Crippen LogP contribution in [-0.2, 0) is 17.3 Å². The maximum Gasteiger partial charge on any atom is 0.434 e. The van der Waals surface area contributed by atoms with Gasteiger partial charge >= 0.3 is 6.18 Å². The Morgan fingerprint density at radius 3 is 2.67 bits per heavy atom. The molecule has 0 aromatic carbocycles. The van der Waals surface area contributed by atoms with Gasteiger partial charge in [-0.3, -0.25) is 4.99 Å². The van der Waals surface area contributed by atoms with Gasteiger partial charge in [-0.2, -0.15) is 13.2 Å². The second kappa shape index (κ2) is 8.83. The summed E-state index contributed by atoms with van der Waals surface area (Å²) in [6.07, 6.45) is -3.97. The average molecular weight is 324 g/mol. The minimum Gasteiger partial charge on any atom is -0.380 e. The second-order valence-electron chi connectivity index (χ2n) is 4.00. The summed E-state index contributed by atoms with van der Waals surface area (Å²) >= 11 is 1.01. The molecule has 120 valence electrons. The van der Waals surface area contributed by atoms with Crippen molar-refractivity contribution < 1.29 is 17.9 Å². The quantitative estimate of drug-likeness (QED) is 0.457. The van der Waals surface area contributed by atoms with Crippen molar-refractivity contribution in [1.82, 2.24) is 15.6 Å². The predicted molar refractivity (Wildman–Crippen MR) is 76.7 cm³/mol. The number of alkyl halides is 3. The molecule has 1 aromatic rings. The topological polar surface area (TPSA) is 58.5 Å². The summed E-state index contributed by atoms with van der Waals surface area (Å²) in [6, 6.07) is 0. The molecule has 0 aliphatic rings. The van der Waals surface area contributed by atoms with Crippen LogP contribution in [0.2, 0.25) is 0 Å². The molecule has 21 heavy (non-hydrogen) atoms. The fraction of sp³-hybridized carbons (Fsp3) is 0.667. The third-order valence-corrected chi connectivity index (χ3v) is 3.35. The van der Waals surface area contributed by atoms with Gasteiger partial charge in [-0.05, 0) is 6.92 Å². The highest BCUT2D eigenvalue weighted by molar-refractivity contribution is 7.09. The van der Waals surface area contributed by atoms with Gasteiger partial charge in [-0.1, -0.05) is 0 Å². The Morgan fingerprint density at radius 2 is 2.10 bits per heavy atom. The molecule has 1 aromatic heterocycles. The zero-order valence-corrected chi connectivity index (χ0v) is 12.8. The van der Waals surface area contributed by atoms with Crippen molar-refractivity contribution >= 4 is 17.3 Å². The van der Waals surface area contributed by atoms with Crippen LogP contribution in [0.4, 0.5) is 13.2 Å². The van der Waals surface area contributed by atoms with E-state index in [1.54, 1.807) is 7.05 Å². The van der Waals surface area contributed by atoms with Gasteiger partial charge in [-0.25, -0.2) is 4.98 Å². The smallest absolute Gasteiger partial charge is 0.380 e. The first-order valence-corrected chi connectivity index (χ1v) is 7.39. The molecule has 9 heteroatoms. The van der Waals surface area contributed by atoms with Crippen molar-refractivity contribution in [2.75, 3.05) is 33.4 Å². The van der Waals surface area contributed by atoms with Crippen LogP contribution < -0.4 is 10.6 Å². The van der Waals surface area contributed by atoms with Crippen LogP contribution in [0.1, 0.15) is 17.6 Å². The fourth-order valence-corrected chi connectivity index (χ4v) is 2.26. The molecular formula is C12H19F3N4OS.